The van der Waals surface area contributed by atoms with Crippen LogP contribution in [0.1, 0.15) is 28.5 Å². The fraction of sp³-hybridized carbons (Fsp3) is 0.192. The van der Waals surface area contributed by atoms with Gasteiger partial charge in [0.2, 0.25) is 0 Å². The van der Waals surface area contributed by atoms with Gasteiger partial charge in [-0.2, -0.15) is 0 Å². The molecule has 2 aromatic carbocycles. The summed E-state index contributed by atoms with van der Waals surface area (Å²) in [6, 6.07) is 16.1. The van der Waals surface area contributed by atoms with Gasteiger partial charge in [-0.1, -0.05) is 30.3 Å². The second-order valence-corrected chi connectivity index (χ2v) is 7.88. The van der Waals surface area contributed by atoms with Crippen molar-refractivity contribution in [2.45, 2.75) is 26.2 Å². The third-order valence-corrected chi connectivity index (χ3v) is 5.40. The Bertz CT molecular complexity index is 1270. The first-order valence-corrected chi connectivity index (χ1v) is 10.5. The van der Waals surface area contributed by atoms with Crippen molar-refractivity contribution in [2.75, 3.05) is 0 Å². The number of rotatable bonds is 8. The van der Waals surface area contributed by atoms with Crippen LogP contribution in [0.2, 0.25) is 0 Å². The highest BCUT2D eigenvalue weighted by Gasteiger charge is 2.24. The molecule has 0 aliphatic carbocycles. The molecule has 1 N–H and O–H groups in total. The predicted octanol–water partition coefficient (Wildman–Crippen LogP) is 5.40. The van der Waals surface area contributed by atoms with E-state index in [1.54, 1.807) is 25.3 Å². The monoisotopic (exact) mass is 448 g/mol. The normalized spacial score (nSPS) is 12.0. The lowest BCUT2D eigenvalue weighted by Gasteiger charge is -2.15. The smallest absolute Gasteiger partial charge is 0.307 e. The van der Waals surface area contributed by atoms with Crippen LogP contribution in [0, 0.1) is 24.5 Å². The highest BCUT2D eigenvalue weighted by molar-refractivity contribution is 5.70. The number of aliphatic carboxylic acids is 1. The van der Waals surface area contributed by atoms with Gasteiger partial charge in [-0.05, 0) is 42.8 Å². The molecule has 5 nitrogen and oxygen atoms in total. The van der Waals surface area contributed by atoms with Crippen molar-refractivity contribution in [3.8, 4) is 11.3 Å². The minimum atomic E-state index is -0.999. The first-order valence-electron chi connectivity index (χ1n) is 10.5. The van der Waals surface area contributed by atoms with E-state index in [4.69, 9.17) is 4.42 Å². The van der Waals surface area contributed by atoms with Crippen LogP contribution in [0.25, 0.3) is 11.3 Å². The zero-order valence-corrected chi connectivity index (χ0v) is 18.0. The van der Waals surface area contributed by atoms with Crippen LogP contribution in [0.3, 0.4) is 0 Å². The molecule has 0 aliphatic rings. The maximum absolute atomic E-state index is 14.4. The molecule has 2 heterocycles. The average molecular weight is 448 g/mol. The number of hydrogen-bond donors (Lipinski definition) is 1. The Morgan fingerprint density at radius 2 is 1.82 bits per heavy atom. The van der Waals surface area contributed by atoms with Gasteiger partial charge in [0.25, 0.3) is 0 Å². The van der Waals surface area contributed by atoms with E-state index in [-0.39, 0.29) is 24.8 Å². The van der Waals surface area contributed by atoms with Gasteiger partial charge in [-0.15, -0.1) is 0 Å². The lowest BCUT2D eigenvalue weighted by atomic mass is 9.95. The molecule has 0 aliphatic heterocycles. The molecule has 0 radical (unpaired) electrons. The Morgan fingerprint density at radius 3 is 2.52 bits per heavy atom. The van der Waals surface area contributed by atoms with Gasteiger partial charge >= 0.3 is 5.97 Å². The second kappa shape index (κ2) is 9.73. The lowest BCUT2D eigenvalue weighted by Crippen LogP contribution is -2.21. The van der Waals surface area contributed by atoms with Crippen LogP contribution in [-0.2, 0) is 24.1 Å². The fourth-order valence-corrected chi connectivity index (χ4v) is 3.69. The largest absolute Gasteiger partial charge is 0.481 e. The number of nitrogens with zero attached hydrogens (tertiary/aromatic N) is 2. The van der Waals surface area contributed by atoms with E-state index in [0.717, 1.165) is 23.8 Å². The molecule has 2 aromatic heterocycles. The second-order valence-electron chi connectivity index (χ2n) is 7.88. The summed E-state index contributed by atoms with van der Waals surface area (Å²) < 4.78 is 33.7. The number of carbonyl (C=O) groups is 1. The molecule has 0 bridgehead atoms. The number of hydrogen-bond acceptors (Lipinski definition) is 4. The Kier molecular flexibility index (Phi) is 6.58. The minimum Gasteiger partial charge on any atom is -0.481 e. The van der Waals surface area contributed by atoms with E-state index in [1.807, 2.05) is 30.3 Å². The summed E-state index contributed by atoms with van der Waals surface area (Å²) in [6.07, 6.45) is 1.81. The average Bonchev–Trinajstić information content (AvgIpc) is 3.22. The Balaban J connectivity index is 1.70. The summed E-state index contributed by atoms with van der Waals surface area (Å²) in [4.78, 5) is 21.1. The number of carboxylic acid groups (broad SMARTS) is 1. The summed E-state index contributed by atoms with van der Waals surface area (Å²) in [5.41, 5.74) is 2.35. The molecule has 4 rings (SSSR count). The summed E-state index contributed by atoms with van der Waals surface area (Å²) in [7, 11) is 0. The van der Waals surface area contributed by atoms with E-state index < -0.39 is 23.5 Å². The number of benzene rings is 2. The third kappa shape index (κ3) is 5.49. The van der Waals surface area contributed by atoms with E-state index in [9.17, 15) is 18.7 Å². The molecule has 4 aromatic rings. The number of aromatic nitrogens is 2. The van der Waals surface area contributed by atoms with Crippen molar-refractivity contribution < 1.29 is 23.1 Å². The molecular weight excluding hydrogens is 426 g/mol. The van der Waals surface area contributed by atoms with Gasteiger partial charge in [0, 0.05) is 24.8 Å². The highest BCUT2D eigenvalue weighted by Crippen LogP contribution is 2.24. The number of halogens is 2. The van der Waals surface area contributed by atoms with Gasteiger partial charge in [0.05, 0.1) is 29.2 Å². The third-order valence-electron chi connectivity index (χ3n) is 5.40. The lowest BCUT2D eigenvalue weighted by molar-refractivity contribution is -0.141. The predicted molar refractivity (Wildman–Crippen MR) is 119 cm³/mol. The first-order chi connectivity index (χ1) is 15.9. The van der Waals surface area contributed by atoms with Crippen molar-refractivity contribution in [3.63, 3.8) is 0 Å². The van der Waals surface area contributed by atoms with Gasteiger partial charge in [0.15, 0.2) is 0 Å². The van der Waals surface area contributed by atoms with Gasteiger partial charge in [-0.25, -0.2) is 13.8 Å². The number of carboxylic acids is 1. The molecule has 1 unspecified atom stereocenters. The molecule has 1 atom stereocenters. The van der Waals surface area contributed by atoms with Crippen LogP contribution >= 0.6 is 0 Å². The summed E-state index contributed by atoms with van der Waals surface area (Å²) in [5, 5.41) is 9.80. The maximum atomic E-state index is 14.4. The summed E-state index contributed by atoms with van der Waals surface area (Å²) in [5.74, 6) is -1.67. The summed E-state index contributed by atoms with van der Waals surface area (Å²) in [6.45, 7) is 1.79. The first kappa shape index (κ1) is 22.3. The zero-order chi connectivity index (χ0) is 23.4. The fourth-order valence-electron chi connectivity index (χ4n) is 3.69. The topological polar surface area (TPSA) is 76.2 Å². The van der Waals surface area contributed by atoms with Crippen LogP contribution in [-0.4, -0.2) is 21.0 Å². The van der Waals surface area contributed by atoms with Crippen molar-refractivity contribution in [1.82, 2.24) is 9.97 Å². The van der Waals surface area contributed by atoms with Crippen LogP contribution in [0.4, 0.5) is 8.78 Å². The molecular formula is C26H22F2N2O3. The molecule has 0 spiro atoms. The number of aryl methyl sites for hydroxylation is 1. The minimum absolute atomic E-state index is 0.0151. The van der Waals surface area contributed by atoms with Gasteiger partial charge in [-0.3, -0.25) is 9.78 Å². The molecule has 168 valence electrons. The van der Waals surface area contributed by atoms with Gasteiger partial charge in [0.1, 0.15) is 23.2 Å². The Labute approximate surface area is 189 Å². The molecule has 0 saturated heterocycles. The molecule has 33 heavy (non-hydrogen) atoms. The van der Waals surface area contributed by atoms with E-state index in [1.165, 1.54) is 0 Å². The Hall–Kier alpha value is -3.87. The van der Waals surface area contributed by atoms with Crippen LogP contribution in [0.15, 0.2) is 71.3 Å². The standard InChI is InChI=1S/C26H22F2N2O3/c1-16-7-9-21(33-16)12-19(26(31)32)14-23-24(13-18-11-20(27)8-10-22(18)28)30-25(15-29-23)17-5-3-2-4-6-17/h2-11,15,19H,12-14H2,1H3,(H,31,32). The molecule has 7 heteroatoms. The maximum Gasteiger partial charge on any atom is 0.307 e. The summed E-state index contributed by atoms with van der Waals surface area (Å²) >= 11 is 0. The van der Waals surface area contributed by atoms with E-state index in [2.05, 4.69) is 9.97 Å². The van der Waals surface area contributed by atoms with Crippen LogP contribution in [0.5, 0.6) is 0 Å². The zero-order valence-electron chi connectivity index (χ0n) is 18.0. The molecule has 0 saturated carbocycles. The van der Waals surface area contributed by atoms with Crippen molar-refractivity contribution in [3.05, 3.63) is 107 Å². The SMILES string of the molecule is Cc1ccc(CC(Cc2ncc(-c3ccccc3)nc2Cc2cc(F)ccc2F)C(=O)O)o1. The van der Waals surface area contributed by atoms with E-state index >= 15 is 0 Å². The highest BCUT2D eigenvalue weighted by atomic mass is 19.1. The quantitative estimate of drug-likeness (QED) is 0.391. The van der Waals surface area contributed by atoms with Crippen molar-refractivity contribution in [2.24, 2.45) is 5.92 Å². The van der Waals surface area contributed by atoms with Crippen molar-refractivity contribution in [1.29, 1.82) is 0 Å². The van der Waals surface area contributed by atoms with Gasteiger partial charge < -0.3 is 9.52 Å². The number of furan rings is 1. The van der Waals surface area contributed by atoms with E-state index in [0.29, 0.717) is 28.6 Å². The van der Waals surface area contributed by atoms with Crippen molar-refractivity contribution >= 4 is 5.97 Å². The van der Waals surface area contributed by atoms with Crippen LogP contribution < -0.4 is 0 Å². The molecule has 0 amide bonds. The molecule has 0 fully saturated rings. The Morgan fingerprint density at radius 1 is 1.03 bits per heavy atom.